The van der Waals surface area contributed by atoms with Crippen molar-refractivity contribution in [3.05, 3.63) is 0 Å². The number of carbonyl (C=O) groups excluding carboxylic acids is 1. The van der Waals surface area contributed by atoms with Crippen molar-refractivity contribution in [2.75, 3.05) is 0 Å². The number of aliphatic hydroxyl groups is 1. The van der Waals surface area contributed by atoms with Crippen LogP contribution in [-0.4, -0.2) is 17.2 Å². The smallest absolute Gasteiger partial charge is 0.0780 e. The number of carboxylic acids is 1. The molecule has 0 aromatic heterocycles. The summed E-state index contributed by atoms with van der Waals surface area (Å²) < 4.78 is 0. The van der Waals surface area contributed by atoms with E-state index in [0.29, 0.717) is 0 Å². The summed E-state index contributed by atoms with van der Waals surface area (Å²) >= 11 is 0. The number of aliphatic carboxylic acids is 1. The Morgan fingerprint density at radius 3 is 2.55 bits per heavy atom. The highest BCUT2D eigenvalue weighted by Crippen LogP contribution is 2.20. The van der Waals surface area contributed by atoms with E-state index in [-0.39, 0.29) is 0 Å². The van der Waals surface area contributed by atoms with Crippen LogP contribution in [0, 0.1) is 16.7 Å². The maximum Gasteiger partial charge on any atom is 0.0780 e. The molecule has 0 aliphatic rings. The maximum atomic E-state index is 9.99. The van der Waals surface area contributed by atoms with Gasteiger partial charge in [0.25, 0.3) is 0 Å². The highest BCUT2D eigenvalue weighted by Gasteiger charge is 2.27. The number of nitrogens with zero attached hydrogens (tertiary/aromatic N) is 1. The summed E-state index contributed by atoms with van der Waals surface area (Å²) in [4.78, 5) is 9.99. The lowest BCUT2D eigenvalue weighted by Gasteiger charge is -2.22. The van der Waals surface area contributed by atoms with Crippen LogP contribution in [0.25, 0.3) is 0 Å². The Labute approximate surface area is 65.1 Å². The fourth-order valence-corrected chi connectivity index (χ4v) is 0.488. The molecule has 1 atom stereocenters. The summed E-state index contributed by atoms with van der Waals surface area (Å²) in [5, 5.41) is 27.5. The molecule has 1 N–H and O–H groups in total. The molecular weight excluding hydrogens is 146 g/mol. The molecule has 0 fully saturated rings. The molecule has 62 valence electrons. The van der Waals surface area contributed by atoms with Gasteiger partial charge in [0.05, 0.1) is 17.6 Å². The second kappa shape index (κ2) is 3.35. The lowest BCUT2D eigenvalue weighted by Crippen LogP contribution is -2.35. The van der Waals surface area contributed by atoms with Crippen LogP contribution in [0.1, 0.15) is 20.3 Å². The van der Waals surface area contributed by atoms with Gasteiger partial charge in [-0.2, -0.15) is 5.26 Å². The van der Waals surface area contributed by atoms with E-state index in [0.717, 1.165) is 0 Å². The number of rotatable bonds is 3. The van der Waals surface area contributed by atoms with Gasteiger partial charge in [-0.3, -0.25) is 0 Å². The van der Waals surface area contributed by atoms with Crippen LogP contribution in [0.15, 0.2) is 0 Å². The van der Waals surface area contributed by atoms with Gasteiger partial charge in [0.15, 0.2) is 0 Å². The molecule has 0 aliphatic carbocycles. The van der Waals surface area contributed by atoms with Crippen molar-refractivity contribution in [3.63, 3.8) is 0 Å². The first-order chi connectivity index (χ1) is 4.90. The van der Waals surface area contributed by atoms with Gasteiger partial charge in [-0.25, -0.2) is 0 Å². The fraction of sp³-hybridized carbons (Fsp3) is 0.714. The molecule has 0 heterocycles. The van der Waals surface area contributed by atoms with Crippen molar-refractivity contribution in [2.45, 2.75) is 26.4 Å². The van der Waals surface area contributed by atoms with Gasteiger partial charge in [-0.05, 0) is 13.8 Å². The Hall–Kier alpha value is -1.08. The molecule has 0 radical (unpaired) electrons. The van der Waals surface area contributed by atoms with Crippen LogP contribution in [0.5, 0.6) is 0 Å². The first-order valence-corrected chi connectivity index (χ1v) is 3.19. The molecule has 0 rings (SSSR count). The van der Waals surface area contributed by atoms with Gasteiger partial charge >= 0.3 is 0 Å². The quantitative estimate of drug-likeness (QED) is 0.570. The number of hydrogen-bond acceptors (Lipinski definition) is 4. The Bertz CT molecular complexity index is 192. The summed E-state index contributed by atoms with van der Waals surface area (Å²) in [6, 6.07) is 1.81. The molecule has 0 bridgehead atoms. The molecule has 4 nitrogen and oxygen atoms in total. The van der Waals surface area contributed by atoms with E-state index in [1.807, 2.05) is 0 Å². The highest BCUT2D eigenvalue weighted by atomic mass is 16.4. The monoisotopic (exact) mass is 156 g/mol. The second-order valence-corrected chi connectivity index (χ2v) is 2.93. The summed E-state index contributed by atoms with van der Waals surface area (Å²) in [5.41, 5.74) is -1.03. The van der Waals surface area contributed by atoms with E-state index in [4.69, 9.17) is 10.4 Å². The van der Waals surface area contributed by atoms with Crippen LogP contribution >= 0.6 is 0 Å². The zero-order valence-corrected chi connectivity index (χ0v) is 6.50. The van der Waals surface area contributed by atoms with E-state index in [9.17, 15) is 9.90 Å². The average Bonchev–Trinajstić information content (AvgIpc) is 1.86. The van der Waals surface area contributed by atoms with E-state index < -0.39 is 23.9 Å². The van der Waals surface area contributed by atoms with Gasteiger partial charge in [0.1, 0.15) is 0 Å². The molecule has 0 aromatic rings. The number of hydrogen-bond donors (Lipinski definition) is 1. The van der Waals surface area contributed by atoms with Gasteiger partial charge in [-0.15, -0.1) is 0 Å². The van der Waals surface area contributed by atoms with E-state index in [1.54, 1.807) is 6.07 Å². The molecule has 0 saturated heterocycles. The predicted octanol–water partition coefficient (Wildman–Crippen LogP) is -0.963. The lowest BCUT2D eigenvalue weighted by molar-refractivity contribution is -0.308. The summed E-state index contributed by atoms with van der Waals surface area (Å²) in [7, 11) is 0. The number of carboxylic acid groups (broad SMARTS) is 1. The molecule has 0 spiro atoms. The van der Waals surface area contributed by atoms with Crippen molar-refractivity contribution < 1.29 is 15.0 Å². The summed E-state index contributed by atoms with van der Waals surface area (Å²) in [5.74, 6) is -1.35. The van der Waals surface area contributed by atoms with Gasteiger partial charge < -0.3 is 15.0 Å². The molecule has 0 amide bonds. The standard InChI is InChI=1S/C7H11NO3/c1-7(2,4-8)5(9)3-6(10)11/h5,9H,3H2,1-2H3,(H,10,11)/p-1. The predicted molar refractivity (Wildman–Crippen MR) is 35.0 cm³/mol. The Morgan fingerprint density at radius 2 is 2.27 bits per heavy atom. The molecule has 11 heavy (non-hydrogen) atoms. The van der Waals surface area contributed by atoms with Crippen LogP contribution < -0.4 is 5.11 Å². The number of nitriles is 1. The summed E-state index contributed by atoms with van der Waals surface area (Å²) in [6.07, 6.45) is -1.67. The maximum absolute atomic E-state index is 9.99. The molecule has 4 heteroatoms. The first kappa shape index (κ1) is 9.92. The van der Waals surface area contributed by atoms with E-state index in [1.165, 1.54) is 13.8 Å². The molecule has 0 saturated carbocycles. The van der Waals surface area contributed by atoms with Gasteiger partial charge in [0, 0.05) is 12.4 Å². The van der Waals surface area contributed by atoms with Crippen molar-refractivity contribution in [2.24, 2.45) is 5.41 Å². The van der Waals surface area contributed by atoms with Crippen molar-refractivity contribution >= 4 is 5.97 Å². The zero-order chi connectivity index (χ0) is 9.07. The Kier molecular flexibility index (Phi) is 3.02. The van der Waals surface area contributed by atoms with E-state index >= 15 is 0 Å². The second-order valence-electron chi connectivity index (χ2n) is 2.93. The van der Waals surface area contributed by atoms with Gasteiger partial charge in [0.2, 0.25) is 0 Å². The average molecular weight is 156 g/mol. The normalized spacial score (nSPS) is 13.6. The van der Waals surface area contributed by atoms with Gasteiger partial charge in [-0.1, -0.05) is 0 Å². The minimum absolute atomic E-state index is 0.499. The number of aliphatic hydroxyl groups excluding tert-OH is 1. The number of carbonyl (C=O) groups is 1. The minimum atomic E-state index is -1.35. The highest BCUT2D eigenvalue weighted by molar-refractivity contribution is 5.65. The third-order valence-corrected chi connectivity index (χ3v) is 1.48. The third-order valence-electron chi connectivity index (χ3n) is 1.48. The van der Waals surface area contributed by atoms with Crippen molar-refractivity contribution in [1.29, 1.82) is 5.26 Å². The SMILES string of the molecule is CC(C)(C#N)C(O)CC(=O)[O-]. The molecule has 0 aliphatic heterocycles. The third kappa shape index (κ3) is 3.01. The van der Waals surface area contributed by atoms with Crippen LogP contribution in [0.4, 0.5) is 0 Å². The Balaban J connectivity index is 4.15. The van der Waals surface area contributed by atoms with Crippen molar-refractivity contribution in [1.82, 2.24) is 0 Å². The molecule has 1 unspecified atom stereocenters. The Morgan fingerprint density at radius 1 is 1.82 bits per heavy atom. The summed E-state index contributed by atoms with van der Waals surface area (Å²) in [6.45, 7) is 2.95. The largest absolute Gasteiger partial charge is 0.550 e. The van der Waals surface area contributed by atoms with Crippen LogP contribution in [0.3, 0.4) is 0 Å². The molecule has 0 aromatic carbocycles. The fourth-order valence-electron chi connectivity index (χ4n) is 0.488. The van der Waals surface area contributed by atoms with Crippen molar-refractivity contribution in [3.8, 4) is 6.07 Å². The zero-order valence-electron chi connectivity index (χ0n) is 6.50. The lowest BCUT2D eigenvalue weighted by atomic mass is 9.87. The first-order valence-electron chi connectivity index (χ1n) is 3.19. The van der Waals surface area contributed by atoms with Crippen LogP contribution in [-0.2, 0) is 4.79 Å². The van der Waals surface area contributed by atoms with E-state index in [2.05, 4.69) is 0 Å². The molecular formula is C7H10NO3-. The minimum Gasteiger partial charge on any atom is -0.550 e. The topological polar surface area (TPSA) is 84.1 Å². The van der Waals surface area contributed by atoms with Crippen LogP contribution in [0.2, 0.25) is 0 Å².